The first-order chi connectivity index (χ1) is 10.2. The number of anilines is 1. The molecule has 3 heteroatoms. The summed E-state index contributed by atoms with van der Waals surface area (Å²) in [5, 5.41) is 2.86. The highest BCUT2D eigenvalue weighted by atomic mass is 16.1. The molecule has 0 spiro atoms. The summed E-state index contributed by atoms with van der Waals surface area (Å²) in [6.45, 7) is 1.92. The van der Waals surface area contributed by atoms with Crippen LogP contribution in [0.2, 0.25) is 0 Å². The molecule has 2 aromatic rings. The van der Waals surface area contributed by atoms with Crippen LogP contribution in [-0.4, -0.2) is 10.9 Å². The Labute approximate surface area is 125 Å². The van der Waals surface area contributed by atoms with E-state index in [1.54, 1.807) is 0 Å². The van der Waals surface area contributed by atoms with Gasteiger partial charge in [0.25, 0.3) is 0 Å². The zero-order chi connectivity index (χ0) is 14.7. The van der Waals surface area contributed by atoms with E-state index in [9.17, 15) is 4.79 Å². The first kappa shape index (κ1) is 13.8. The fourth-order valence-electron chi connectivity index (χ4n) is 2.88. The van der Waals surface area contributed by atoms with Gasteiger partial charge in [0.15, 0.2) is 0 Å². The molecule has 0 atom stereocenters. The highest BCUT2D eigenvalue weighted by molar-refractivity contribution is 5.91. The molecule has 1 heterocycles. The number of nitrogens with zero attached hydrogens (tertiary/aromatic N) is 1. The van der Waals surface area contributed by atoms with Crippen LogP contribution >= 0.6 is 0 Å². The van der Waals surface area contributed by atoms with Crippen molar-refractivity contribution in [3.05, 3.63) is 58.8 Å². The number of hydrogen-bond acceptors (Lipinski definition) is 2. The second-order valence-corrected chi connectivity index (χ2v) is 5.70. The summed E-state index contributed by atoms with van der Waals surface area (Å²) in [7, 11) is 0. The van der Waals surface area contributed by atoms with Crippen LogP contribution in [0.3, 0.4) is 0 Å². The normalized spacial score (nSPS) is 13.6. The highest BCUT2D eigenvalue weighted by Gasteiger charge is 2.11. The zero-order valence-corrected chi connectivity index (χ0v) is 12.4. The average Bonchev–Trinajstić information content (AvgIpc) is 2.47. The van der Waals surface area contributed by atoms with Crippen molar-refractivity contribution in [1.29, 1.82) is 0 Å². The molecule has 0 saturated heterocycles. The van der Waals surface area contributed by atoms with Gasteiger partial charge < -0.3 is 5.32 Å². The van der Waals surface area contributed by atoms with Crippen LogP contribution in [0.15, 0.2) is 36.4 Å². The molecule has 3 rings (SSSR count). The van der Waals surface area contributed by atoms with E-state index in [-0.39, 0.29) is 5.91 Å². The number of rotatable bonds is 3. The molecule has 1 aromatic carbocycles. The van der Waals surface area contributed by atoms with Gasteiger partial charge >= 0.3 is 0 Å². The summed E-state index contributed by atoms with van der Waals surface area (Å²) in [6.07, 6.45) is 5.27. The van der Waals surface area contributed by atoms with Gasteiger partial charge in [-0.25, -0.2) is 4.98 Å². The molecule has 1 amide bonds. The SMILES string of the molecule is Cc1cccc(NC(=O)Cc2ccc3c(c2)CCCC3)n1. The van der Waals surface area contributed by atoms with E-state index >= 15 is 0 Å². The predicted molar refractivity (Wildman–Crippen MR) is 84.4 cm³/mol. The van der Waals surface area contributed by atoms with Crippen molar-refractivity contribution in [3.8, 4) is 0 Å². The monoisotopic (exact) mass is 280 g/mol. The van der Waals surface area contributed by atoms with E-state index < -0.39 is 0 Å². The standard InChI is InChI=1S/C18H20N2O/c1-13-5-4-8-17(19-13)20-18(21)12-14-9-10-15-6-2-3-7-16(15)11-14/h4-5,8-11H,2-3,6-7,12H2,1H3,(H,19,20,21). The van der Waals surface area contributed by atoms with Crippen molar-refractivity contribution in [2.24, 2.45) is 0 Å². The third kappa shape index (κ3) is 3.48. The molecule has 1 N–H and O–H groups in total. The molecular weight excluding hydrogens is 260 g/mol. The number of aryl methyl sites for hydroxylation is 3. The van der Waals surface area contributed by atoms with Crippen LogP contribution in [0.25, 0.3) is 0 Å². The molecule has 108 valence electrons. The van der Waals surface area contributed by atoms with Gasteiger partial charge in [0.05, 0.1) is 6.42 Å². The lowest BCUT2D eigenvalue weighted by Crippen LogP contribution is -2.16. The van der Waals surface area contributed by atoms with Crippen molar-refractivity contribution in [3.63, 3.8) is 0 Å². The molecule has 3 nitrogen and oxygen atoms in total. The van der Waals surface area contributed by atoms with E-state index in [1.165, 1.54) is 30.4 Å². The molecule has 0 fully saturated rings. The van der Waals surface area contributed by atoms with Gasteiger partial charge in [0.1, 0.15) is 5.82 Å². The van der Waals surface area contributed by atoms with Gasteiger partial charge in [-0.1, -0.05) is 24.3 Å². The van der Waals surface area contributed by atoms with Crippen LogP contribution in [-0.2, 0) is 24.1 Å². The zero-order valence-electron chi connectivity index (χ0n) is 12.4. The molecule has 21 heavy (non-hydrogen) atoms. The largest absolute Gasteiger partial charge is 0.310 e. The molecular formula is C18H20N2O. The quantitative estimate of drug-likeness (QED) is 0.935. The van der Waals surface area contributed by atoms with Gasteiger partial charge in [-0.3, -0.25) is 4.79 Å². The minimum absolute atomic E-state index is 0.0103. The number of nitrogens with one attached hydrogen (secondary N) is 1. The summed E-state index contributed by atoms with van der Waals surface area (Å²) in [5.74, 6) is 0.613. The third-order valence-corrected chi connectivity index (χ3v) is 3.93. The van der Waals surface area contributed by atoms with E-state index in [2.05, 4.69) is 28.5 Å². The van der Waals surface area contributed by atoms with Crippen LogP contribution in [0.5, 0.6) is 0 Å². The second-order valence-electron chi connectivity index (χ2n) is 5.70. The van der Waals surface area contributed by atoms with Crippen molar-refractivity contribution in [2.75, 3.05) is 5.32 Å². The minimum Gasteiger partial charge on any atom is -0.310 e. The van der Waals surface area contributed by atoms with E-state index in [0.717, 1.165) is 17.7 Å². The van der Waals surface area contributed by atoms with E-state index in [4.69, 9.17) is 0 Å². The third-order valence-electron chi connectivity index (χ3n) is 3.93. The number of carbonyl (C=O) groups excluding carboxylic acids is 1. The Bertz CT molecular complexity index is 664. The Morgan fingerprint density at radius 2 is 1.95 bits per heavy atom. The molecule has 0 aliphatic heterocycles. The van der Waals surface area contributed by atoms with Crippen molar-refractivity contribution < 1.29 is 4.79 Å². The van der Waals surface area contributed by atoms with Crippen LogP contribution in [0.1, 0.15) is 35.2 Å². The van der Waals surface area contributed by atoms with E-state index in [1.807, 2.05) is 25.1 Å². The summed E-state index contributed by atoms with van der Waals surface area (Å²) in [4.78, 5) is 16.4. The van der Waals surface area contributed by atoms with Gasteiger partial charge in [0.2, 0.25) is 5.91 Å². The Kier molecular flexibility index (Phi) is 4.00. The number of aromatic nitrogens is 1. The number of benzene rings is 1. The Balaban J connectivity index is 1.67. The van der Waals surface area contributed by atoms with Crippen molar-refractivity contribution in [2.45, 2.75) is 39.0 Å². The maximum atomic E-state index is 12.1. The second kappa shape index (κ2) is 6.08. The van der Waals surface area contributed by atoms with Crippen LogP contribution in [0.4, 0.5) is 5.82 Å². The molecule has 1 aromatic heterocycles. The number of fused-ring (bicyclic) bond motifs is 1. The summed E-state index contributed by atoms with van der Waals surface area (Å²) < 4.78 is 0. The Morgan fingerprint density at radius 1 is 1.14 bits per heavy atom. The van der Waals surface area contributed by atoms with E-state index in [0.29, 0.717) is 12.2 Å². The van der Waals surface area contributed by atoms with Gasteiger partial charge in [0, 0.05) is 5.69 Å². The summed E-state index contributed by atoms with van der Waals surface area (Å²) in [5.41, 5.74) is 4.85. The Hall–Kier alpha value is -2.16. The first-order valence-corrected chi connectivity index (χ1v) is 7.55. The van der Waals surface area contributed by atoms with Gasteiger partial charge in [-0.05, 0) is 61.4 Å². The lowest BCUT2D eigenvalue weighted by atomic mass is 9.90. The summed E-state index contributed by atoms with van der Waals surface area (Å²) in [6, 6.07) is 12.1. The predicted octanol–water partition coefficient (Wildman–Crippen LogP) is 3.45. The van der Waals surface area contributed by atoms with Gasteiger partial charge in [-0.15, -0.1) is 0 Å². The molecule has 1 aliphatic rings. The maximum Gasteiger partial charge on any atom is 0.229 e. The minimum atomic E-state index is -0.0103. The number of hydrogen-bond donors (Lipinski definition) is 1. The summed E-state index contributed by atoms with van der Waals surface area (Å²) >= 11 is 0. The average molecular weight is 280 g/mol. The lowest BCUT2D eigenvalue weighted by Gasteiger charge is -2.16. The fourth-order valence-corrected chi connectivity index (χ4v) is 2.88. The smallest absolute Gasteiger partial charge is 0.229 e. The van der Waals surface area contributed by atoms with Crippen LogP contribution in [0, 0.1) is 6.92 Å². The number of pyridine rings is 1. The first-order valence-electron chi connectivity index (χ1n) is 7.55. The fraction of sp³-hybridized carbons (Fsp3) is 0.333. The maximum absolute atomic E-state index is 12.1. The molecule has 0 unspecified atom stereocenters. The highest BCUT2D eigenvalue weighted by Crippen LogP contribution is 2.22. The lowest BCUT2D eigenvalue weighted by molar-refractivity contribution is -0.115. The van der Waals surface area contributed by atoms with Crippen molar-refractivity contribution in [1.82, 2.24) is 4.98 Å². The van der Waals surface area contributed by atoms with Gasteiger partial charge in [-0.2, -0.15) is 0 Å². The Morgan fingerprint density at radius 3 is 2.76 bits per heavy atom. The molecule has 0 radical (unpaired) electrons. The topological polar surface area (TPSA) is 42.0 Å². The molecule has 1 aliphatic carbocycles. The number of amides is 1. The number of carbonyl (C=O) groups is 1. The van der Waals surface area contributed by atoms with Crippen molar-refractivity contribution >= 4 is 11.7 Å². The molecule has 0 bridgehead atoms. The molecule has 0 saturated carbocycles. The van der Waals surface area contributed by atoms with Crippen LogP contribution < -0.4 is 5.32 Å².